The quantitative estimate of drug-likeness (QED) is 0.826. The van der Waals surface area contributed by atoms with Gasteiger partial charge >= 0.3 is 0 Å². The fourth-order valence-electron chi connectivity index (χ4n) is 1.63. The first-order valence-corrected chi connectivity index (χ1v) is 7.26. The van der Waals surface area contributed by atoms with Gasteiger partial charge in [-0.3, -0.25) is 0 Å². The summed E-state index contributed by atoms with van der Waals surface area (Å²) in [7, 11) is 1.59. The largest absolute Gasteiger partial charge is 0.497 e. The van der Waals surface area contributed by atoms with Crippen molar-refractivity contribution in [1.82, 2.24) is 9.97 Å². The van der Waals surface area contributed by atoms with Crippen LogP contribution < -0.4 is 15.4 Å². The molecule has 0 aliphatic rings. The monoisotopic (exact) mass is 326 g/mol. The number of hydrogen-bond acceptors (Lipinski definition) is 5. The third kappa shape index (κ3) is 4.12. The van der Waals surface area contributed by atoms with E-state index in [9.17, 15) is 0 Å². The summed E-state index contributed by atoms with van der Waals surface area (Å²) in [5.74, 6) is 1.69. The molecule has 2 rings (SSSR count). The molecule has 7 heteroatoms. The van der Waals surface area contributed by atoms with Crippen molar-refractivity contribution in [3.63, 3.8) is 0 Å². The number of nitrogens with one attached hydrogen (secondary N) is 2. The molecule has 0 saturated heterocycles. The molecule has 0 fully saturated rings. The van der Waals surface area contributed by atoms with Crippen molar-refractivity contribution >= 4 is 40.7 Å². The summed E-state index contributed by atoms with van der Waals surface area (Å²) >= 11 is 12.3. The molecule has 0 aliphatic carbocycles. The van der Waals surface area contributed by atoms with Crippen molar-refractivity contribution in [1.29, 1.82) is 0 Å². The number of halogens is 2. The van der Waals surface area contributed by atoms with Gasteiger partial charge in [-0.15, -0.1) is 0 Å². The smallest absolute Gasteiger partial charge is 0.224 e. The Morgan fingerprint density at radius 2 is 2.05 bits per heavy atom. The SMILES string of the molecule is CCCNc1ncc(Cl)c(Nc2cc(OC)ccc2Cl)n1. The van der Waals surface area contributed by atoms with Crippen LogP contribution in [0.3, 0.4) is 0 Å². The van der Waals surface area contributed by atoms with Crippen LogP contribution in [0.5, 0.6) is 5.75 Å². The predicted octanol–water partition coefficient (Wildman–Crippen LogP) is 4.36. The van der Waals surface area contributed by atoms with Crippen molar-refractivity contribution in [3.8, 4) is 5.75 Å². The van der Waals surface area contributed by atoms with Crippen LogP contribution in [0.1, 0.15) is 13.3 Å². The second kappa shape index (κ2) is 7.33. The van der Waals surface area contributed by atoms with E-state index in [4.69, 9.17) is 27.9 Å². The van der Waals surface area contributed by atoms with E-state index in [1.807, 2.05) is 0 Å². The molecule has 0 amide bonds. The van der Waals surface area contributed by atoms with Crippen molar-refractivity contribution in [2.45, 2.75) is 13.3 Å². The highest BCUT2D eigenvalue weighted by Crippen LogP contribution is 2.31. The van der Waals surface area contributed by atoms with E-state index < -0.39 is 0 Å². The van der Waals surface area contributed by atoms with Gasteiger partial charge in [0, 0.05) is 12.6 Å². The maximum atomic E-state index is 6.16. The first-order chi connectivity index (χ1) is 10.1. The summed E-state index contributed by atoms with van der Waals surface area (Å²) < 4.78 is 5.18. The van der Waals surface area contributed by atoms with Crippen LogP contribution >= 0.6 is 23.2 Å². The molecule has 0 atom stereocenters. The molecule has 2 N–H and O–H groups in total. The number of ether oxygens (including phenoxy) is 1. The Kier molecular flexibility index (Phi) is 5.47. The van der Waals surface area contributed by atoms with Crippen molar-refractivity contribution in [3.05, 3.63) is 34.4 Å². The number of methoxy groups -OCH3 is 1. The van der Waals surface area contributed by atoms with Crippen LogP contribution in [0.4, 0.5) is 17.5 Å². The van der Waals surface area contributed by atoms with Crippen molar-refractivity contribution in [2.75, 3.05) is 24.3 Å². The van der Waals surface area contributed by atoms with E-state index in [0.29, 0.717) is 33.2 Å². The van der Waals surface area contributed by atoms with E-state index >= 15 is 0 Å². The van der Waals surface area contributed by atoms with E-state index in [-0.39, 0.29) is 0 Å². The van der Waals surface area contributed by atoms with Gasteiger partial charge in [0.2, 0.25) is 5.95 Å². The van der Waals surface area contributed by atoms with Gasteiger partial charge < -0.3 is 15.4 Å². The Morgan fingerprint density at radius 1 is 1.24 bits per heavy atom. The molecule has 21 heavy (non-hydrogen) atoms. The zero-order valence-electron chi connectivity index (χ0n) is 11.8. The first kappa shape index (κ1) is 15.7. The molecule has 5 nitrogen and oxygen atoms in total. The molecule has 1 aromatic heterocycles. The molecule has 0 bridgehead atoms. The minimum absolute atomic E-state index is 0.413. The second-order valence-corrected chi connectivity index (χ2v) is 5.10. The lowest BCUT2D eigenvalue weighted by Gasteiger charge is -2.12. The molecule has 0 aliphatic heterocycles. The number of nitrogens with zero attached hydrogens (tertiary/aromatic N) is 2. The summed E-state index contributed by atoms with van der Waals surface area (Å²) in [5.41, 5.74) is 0.665. The lowest BCUT2D eigenvalue weighted by Crippen LogP contribution is -2.06. The van der Waals surface area contributed by atoms with Crippen LogP contribution in [0.2, 0.25) is 10.0 Å². The van der Waals surface area contributed by atoms with Gasteiger partial charge in [-0.05, 0) is 18.6 Å². The molecule has 0 spiro atoms. The molecule has 112 valence electrons. The maximum Gasteiger partial charge on any atom is 0.224 e. The highest BCUT2D eigenvalue weighted by atomic mass is 35.5. The second-order valence-electron chi connectivity index (χ2n) is 4.29. The van der Waals surface area contributed by atoms with Gasteiger partial charge in [0.15, 0.2) is 5.82 Å². The Morgan fingerprint density at radius 3 is 2.76 bits per heavy atom. The zero-order valence-corrected chi connectivity index (χ0v) is 13.3. The highest BCUT2D eigenvalue weighted by molar-refractivity contribution is 6.34. The van der Waals surface area contributed by atoms with Crippen LogP contribution in [0.15, 0.2) is 24.4 Å². The predicted molar refractivity (Wildman–Crippen MR) is 87.1 cm³/mol. The Bertz CT molecular complexity index is 622. The summed E-state index contributed by atoms with van der Waals surface area (Å²) in [6, 6.07) is 5.30. The number of anilines is 3. The van der Waals surface area contributed by atoms with Crippen molar-refractivity contribution in [2.24, 2.45) is 0 Å². The summed E-state index contributed by atoms with van der Waals surface area (Å²) in [4.78, 5) is 8.46. The molecule has 1 aromatic carbocycles. The average Bonchev–Trinajstić information content (AvgIpc) is 2.50. The summed E-state index contributed by atoms with van der Waals surface area (Å²) in [6.45, 7) is 2.86. The first-order valence-electron chi connectivity index (χ1n) is 6.51. The van der Waals surface area contributed by atoms with Gasteiger partial charge in [-0.25, -0.2) is 4.98 Å². The fraction of sp³-hybridized carbons (Fsp3) is 0.286. The van der Waals surface area contributed by atoms with E-state index in [1.165, 1.54) is 0 Å². The zero-order chi connectivity index (χ0) is 15.2. The van der Waals surface area contributed by atoms with Gasteiger partial charge in [0.25, 0.3) is 0 Å². The highest BCUT2D eigenvalue weighted by Gasteiger charge is 2.09. The Hall–Kier alpha value is -1.72. The van der Waals surface area contributed by atoms with E-state index in [2.05, 4.69) is 27.5 Å². The number of aromatic nitrogens is 2. The topological polar surface area (TPSA) is 59.1 Å². The summed E-state index contributed by atoms with van der Waals surface area (Å²) in [6.07, 6.45) is 2.53. The van der Waals surface area contributed by atoms with Gasteiger partial charge in [-0.2, -0.15) is 4.98 Å². The number of rotatable bonds is 6. The molecule has 0 unspecified atom stereocenters. The molecular weight excluding hydrogens is 311 g/mol. The van der Waals surface area contributed by atoms with E-state index in [0.717, 1.165) is 13.0 Å². The van der Waals surface area contributed by atoms with Crippen LogP contribution in [-0.2, 0) is 0 Å². The molecule has 1 heterocycles. The lowest BCUT2D eigenvalue weighted by atomic mass is 10.3. The molecular formula is C14H16Cl2N4O. The third-order valence-corrected chi connectivity index (χ3v) is 3.31. The average molecular weight is 327 g/mol. The van der Waals surface area contributed by atoms with E-state index in [1.54, 1.807) is 31.5 Å². The Labute approximate surface area is 133 Å². The summed E-state index contributed by atoms with van der Waals surface area (Å²) in [5, 5.41) is 7.17. The molecule has 0 saturated carbocycles. The normalized spacial score (nSPS) is 10.3. The minimum Gasteiger partial charge on any atom is -0.497 e. The van der Waals surface area contributed by atoms with Crippen LogP contribution in [0.25, 0.3) is 0 Å². The third-order valence-electron chi connectivity index (χ3n) is 2.70. The molecule has 0 radical (unpaired) electrons. The van der Waals surface area contributed by atoms with Gasteiger partial charge in [0.1, 0.15) is 10.8 Å². The molecule has 2 aromatic rings. The van der Waals surface area contributed by atoms with Crippen molar-refractivity contribution < 1.29 is 4.74 Å². The Balaban J connectivity index is 2.26. The lowest BCUT2D eigenvalue weighted by molar-refractivity contribution is 0.415. The number of benzene rings is 1. The maximum absolute atomic E-state index is 6.16. The minimum atomic E-state index is 0.413. The van der Waals surface area contributed by atoms with Crippen LogP contribution in [0, 0.1) is 0 Å². The number of hydrogen-bond donors (Lipinski definition) is 2. The van der Waals surface area contributed by atoms with Gasteiger partial charge in [0.05, 0.1) is 24.0 Å². The van der Waals surface area contributed by atoms with Gasteiger partial charge in [-0.1, -0.05) is 30.1 Å². The van der Waals surface area contributed by atoms with Crippen LogP contribution in [-0.4, -0.2) is 23.6 Å². The fourth-order valence-corrected chi connectivity index (χ4v) is 1.93. The standard InChI is InChI=1S/C14H16Cl2N4O/c1-3-6-17-14-18-8-11(16)13(20-14)19-12-7-9(21-2)4-5-10(12)15/h4-5,7-8H,3,6H2,1-2H3,(H2,17,18,19,20).